The average molecular weight is 392 g/mol. The molecule has 2 aromatic rings. The summed E-state index contributed by atoms with van der Waals surface area (Å²) in [4.78, 5) is 4.02. The number of piperazine rings is 1. The summed E-state index contributed by atoms with van der Waals surface area (Å²) < 4.78 is 2.04. The fraction of sp³-hybridized carbons (Fsp3) is 0.650. The fourth-order valence-electron chi connectivity index (χ4n) is 3.95. The number of rotatable bonds is 6. The van der Waals surface area contributed by atoms with Gasteiger partial charge in [-0.2, -0.15) is 0 Å². The third-order valence-electron chi connectivity index (χ3n) is 6.06. The summed E-state index contributed by atoms with van der Waals surface area (Å²) in [5.74, 6) is 1.02. The lowest BCUT2D eigenvalue weighted by atomic mass is 10.0. The minimum Gasteiger partial charge on any atom is -0.360 e. The topological polar surface area (TPSA) is 51.3 Å². The van der Waals surface area contributed by atoms with Crippen LogP contribution < -0.4 is 9.80 Å². The molecule has 1 N–H and O–H groups in total. The highest BCUT2D eigenvalue weighted by Gasteiger charge is 2.34. The van der Waals surface area contributed by atoms with Crippen LogP contribution in [0, 0.1) is 6.92 Å². The minimum absolute atomic E-state index is 0.0641. The van der Waals surface area contributed by atoms with E-state index in [2.05, 4.69) is 67.2 Å². The second-order valence-electron chi connectivity index (χ2n) is 8.15. The molecule has 1 aliphatic heterocycles. The van der Waals surface area contributed by atoms with Crippen LogP contribution in [0.1, 0.15) is 58.0 Å². The van der Waals surface area contributed by atoms with Crippen LogP contribution in [-0.4, -0.2) is 46.4 Å². The van der Waals surface area contributed by atoms with E-state index in [-0.39, 0.29) is 5.54 Å². The second kappa shape index (κ2) is 8.15. The van der Waals surface area contributed by atoms with Crippen LogP contribution in [0.15, 0.2) is 18.2 Å². The summed E-state index contributed by atoms with van der Waals surface area (Å²) in [6.07, 6.45) is 2.03. The van der Waals surface area contributed by atoms with E-state index < -0.39 is 0 Å². The van der Waals surface area contributed by atoms with Gasteiger partial charge >= 0.3 is 0 Å². The molecular weight excluding hydrogens is 360 g/mol. The van der Waals surface area contributed by atoms with Crippen molar-refractivity contribution in [1.29, 1.82) is 0 Å². The van der Waals surface area contributed by atoms with E-state index in [4.69, 9.17) is 11.6 Å². The van der Waals surface area contributed by atoms with Gasteiger partial charge in [-0.15, -0.1) is 5.10 Å². The number of nitrogens with zero attached hydrogens (tertiary/aromatic N) is 5. The molecule has 0 unspecified atom stereocenters. The molecule has 1 aromatic heterocycles. The maximum absolute atomic E-state index is 6.22. The van der Waals surface area contributed by atoms with Crippen molar-refractivity contribution in [3.63, 3.8) is 0 Å². The molecule has 7 heteroatoms. The fourth-order valence-corrected chi connectivity index (χ4v) is 4.12. The van der Waals surface area contributed by atoms with Crippen molar-refractivity contribution >= 4 is 17.3 Å². The van der Waals surface area contributed by atoms with Crippen LogP contribution in [0.5, 0.6) is 0 Å². The van der Waals surface area contributed by atoms with Crippen molar-refractivity contribution in [3.8, 4) is 0 Å². The van der Waals surface area contributed by atoms with E-state index in [1.54, 1.807) is 4.90 Å². The van der Waals surface area contributed by atoms with Crippen LogP contribution in [0.2, 0.25) is 5.02 Å². The number of benzene rings is 1. The van der Waals surface area contributed by atoms with Gasteiger partial charge in [-0.25, -0.2) is 4.68 Å². The van der Waals surface area contributed by atoms with Crippen molar-refractivity contribution in [1.82, 2.24) is 20.2 Å². The maximum atomic E-state index is 6.22. The lowest BCUT2D eigenvalue weighted by Gasteiger charge is -2.38. The zero-order valence-corrected chi connectivity index (χ0v) is 17.9. The Morgan fingerprint density at radius 1 is 1.22 bits per heavy atom. The van der Waals surface area contributed by atoms with E-state index in [1.807, 2.05) is 10.7 Å². The molecule has 6 nitrogen and oxygen atoms in total. The summed E-state index contributed by atoms with van der Waals surface area (Å²) >= 11 is 6.22. The largest absolute Gasteiger partial charge is 0.360 e. The zero-order valence-electron chi connectivity index (χ0n) is 17.2. The van der Waals surface area contributed by atoms with Crippen molar-refractivity contribution in [2.75, 3.05) is 31.1 Å². The molecule has 0 bridgehead atoms. The highest BCUT2D eigenvalue weighted by atomic mass is 35.5. The second-order valence-corrected chi connectivity index (χ2v) is 8.59. The first-order valence-electron chi connectivity index (χ1n) is 10.0. The number of aromatic nitrogens is 4. The molecule has 0 aliphatic carbocycles. The maximum Gasteiger partial charge on any atom is 0.209 e. The Hall–Kier alpha value is -1.66. The van der Waals surface area contributed by atoms with Gasteiger partial charge in [-0.05, 0) is 55.3 Å². The van der Waals surface area contributed by atoms with Gasteiger partial charge in [0, 0.05) is 17.1 Å². The van der Waals surface area contributed by atoms with Gasteiger partial charge in [0.2, 0.25) is 5.82 Å². The summed E-state index contributed by atoms with van der Waals surface area (Å²) in [5.41, 5.74) is 2.47. The lowest BCUT2D eigenvalue weighted by molar-refractivity contribution is -0.933. The van der Waals surface area contributed by atoms with Gasteiger partial charge in [-0.1, -0.05) is 31.5 Å². The Labute approximate surface area is 167 Å². The van der Waals surface area contributed by atoms with Gasteiger partial charge in [0.1, 0.15) is 6.04 Å². The first-order chi connectivity index (χ1) is 12.9. The summed E-state index contributed by atoms with van der Waals surface area (Å²) in [6, 6.07) is 6.48. The Bertz CT molecular complexity index is 764. The summed E-state index contributed by atoms with van der Waals surface area (Å²) in [7, 11) is 0. The van der Waals surface area contributed by atoms with E-state index in [9.17, 15) is 0 Å². The third-order valence-corrected chi connectivity index (χ3v) is 6.30. The first kappa shape index (κ1) is 20.1. The van der Waals surface area contributed by atoms with Crippen molar-refractivity contribution in [2.24, 2.45) is 0 Å². The first-order valence-corrected chi connectivity index (χ1v) is 10.4. The molecule has 1 aliphatic rings. The van der Waals surface area contributed by atoms with E-state index in [0.29, 0.717) is 6.04 Å². The predicted octanol–water partition coefficient (Wildman–Crippen LogP) is 2.64. The number of hydrogen-bond acceptors (Lipinski definition) is 4. The molecule has 148 valence electrons. The molecule has 0 radical (unpaired) electrons. The van der Waals surface area contributed by atoms with E-state index in [1.165, 1.54) is 11.3 Å². The monoisotopic (exact) mass is 391 g/mol. The molecule has 0 amide bonds. The molecule has 1 saturated heterocycles. The van der Waals surface area contributed by atoms with Crippen molar-refractivity contribution < 1.29 is 4.90 Å². The number of quaternary nitrogens is 1. The highest BCUT2D eigenvalue weighted by Crippen LogP contribution is 2.25. The summed E-state index contributed by atoms with van der Waals surface area (Å²) in [5, 5.41) is 13.6. The van der Waals surface area contributed by atoms with Gasteiger partial charge in [-0.3, -0.25) is 0 Å². The normalized spacial score (nSPS) is 17.3. The third kappa shape index (κ3) is 4.11. The number of hydrogen-bond donors (Lipinski definition) is 1. The molecule has 2 heterocycles. The Kier molecular flexibility index (Phi) is 6.06. The van der Waals surface area contributed by atoms with Crippen LogP contribution in [0.4, 0.5) is 5.69 Å². The molecule has 1 fully saturated rings. The van der Waals surface area contributed by atoms with E-state index in [0.717, 1.165) is 49.9 Å². The smallest absolute Gasteiger partial charge is 0.209 e. The van der Waals surface area contributed by atoms with Crippen LogP contribution >= 0.6 is 11.6 Å². The average Bonchev–Trinajstić information content (AvgIpc) is 3.15. The molecule has 0 saturated carbocycles. The number of halogens is 1. The molecule has 1 aromatic carbocycles. The molecule has 0 spiro atoms. The number of nitrogens with one attached hydrogen (secondary N) is 1. The van der Waals surface area contributed by atoms with Crippen LogP contribution in [0.3, 0.4) is 0 Å². The van der Waals surface area contributed by atoms with Crippen LogP contribution in [0.25, 0.3) is 0 Å². The molecule has 27 heavy (non-hydrogen) atoms. The van der Waals surface area contributed by atoms with Crippen molar-refractivity contribution in [3.05, 3.63) is 34.6 Å². The van der Waals surface area contributed by atoms with Gasteiger partial charge in [0.05, 0.1) is 31.7 Å². The van der Waals surface area contributed by atoms with Crippen molar-refractivity contribution in [2.45, 2.75) is 59.0 Å². The number of aryl methyl sites for hydroxylation is 1. The molecular formula is C20H32ClN6+. The Balaban J connectivity index is 1.75. The zero-order chi connectivity index (χ0) is 19.6. The predicted molar refractivity (Wildman–Crippen MR) is 110 cm³/mol. The Morgan fingerprint density at radius 3 is 2.56 bits per heavy atom. The standard InChI is InChI=1S/C20H31ClN6/c1-6-17(19-22-23-24-27(19)20(4,5)7-2)25-10-12-26(13-11-25)18-14-16(21)9-8-15(18)3/h8-9,14,17H,6-7,10-13H2,1-5H3/p+1/t17-/m1/s1. The number of anilines is 1. The van der Waals surface area contributed by atoms with Gasteiger partial charge in [0.15, 0.2) is 0 Å². The quantitative estimate of drug-likeness (QED) is 0.822. The molecule has 1 atom stereocenters. The highest BCUT2D eigenvalue weighted by molar-refractivity contribution is 6.30. The SMILES string of the molecule is CC[C@H](c1nnnn1C(C)(C)CC)[NH+]1CCN(c2cc(Cl)ccc2C)CC1. The lowest BCUT2D eigenvalue weighted by Crippen LogP contribution is -3.15. The summed E-state index contributed by atoms with van der Waals surface area (Å²) in [6.45, 7) is 15.2. The molecule has 3 rings (SSSR count). The van der Waals surface area contributed by atoms with Crippen LogP contribution in [-0.2, 0) is 5.54 Å². The minimum atomic E-state index is -0.0641. The van der Waals surface area contributed by atoms with E-state index >= 15 is 0 Å². The Morgan fingerprint density at radius 2 is 1.93 bits per heavy atom. The number of tetrazole rings is 1. The van der Waals surface area contributed by atoms with Gasteiger partial charge in [0.25, 0.3) is 0 Å². The van der Waals surface area contributed by atoms with Gasteiger partial charge < -0.3 is 9.80 Å².